The van der Waals surface area contributed by atoms with Crippen LogP contribution in [0, 0.1) is 6.92 Å². The van der Waals surface area contributed by atoms with Crippen LogP contribution >= 0.6 is 0 Å². The summed E-state index contributed by atoms with van der Waals surface area (Å²) in [6.45, 7) is 2.29. The molecule has 9 nitrogen and oxygen atoms in total. The number of hydrogen-bond donors (Lipinski definition) is 3. The number of nitrogens with one attached hydrogen (secondary N) is 2. The number of furan rings is 1. The number of aliphatic imine (C=N–C) groups is 1. The highest BCUT2D eigenvalue weighted by Gasteiger charge is 2.17. The van der Waals surface area contributed by atoms with E-state index in [1.165, 1.54) is 12.1 Å². The van der Waals surface area contributed by atoms with Gasteiger partial charge < -0.3 is 20.2 Å². The van der Waals surface area contributed by atoms with E-state index < -0.39 is 23.9 Å². The lowest BCUT2D eigenvalue weighted by atomic mass is 10.1. The molecule has 32 heavy (non-hydrogen) atoms. The molecule has 0 bridgehead atoms. The average Bonchev–Trinajstić information content (AvgIpc) is 3.27. The van der Waals surface area contributed by atoms with Gasteiger partial charge in [-0.2, -0.15) is 0 Å². The Bertz CT molecular complexity index is 1140. The number of nitrogens with zero attached hydrogens (tertiary/aromatic N) is 1. The van der Waals surface area contributed by atoms with E-state index in [0.29, 0.717) is 6.54 Å². The van der Waals surface area contributed by atoms with E-state index in [4.69, 9.17) is 14.9 Å². The summed E-state index contributed by atoms with van der Waals surface area (Å²) >= 11 is 0. The molecule has 9 heteroatoms. The summed E-state index contributed by atoms with van der Waals surface area (Å²) in [7, 11) is 0. The third-order valence-corrected chi connectivity index (χ3v) is 4.25. The quantitative estimate of drug-likeness (QED) is 0.403. The lowest BCUT2D eigenvalue weighted by molar-refractivity contribution is 0.0908. The molecule has 3 amide bonds. The maximum atomic E-state index is 12.2. The summed E-state index contributed by atoms with van der Waals surface area (Å²) in [6, 6.07) is 19.4. The van der Waals surface area contributed by atoms with Crippen LogP contribution in [-0.2, 0) is 17.9 Å². The molecule has 3 rings (SSSR count). The summed E-state index contributed by atoms with van der Waals surface area (Å²) < 4.78 is 10.2. The van der Waals surface area contributed by atoms with Gasteiger partial charge in [-0.3, -0.25) is 14.9 Å². The molecule has 4 N–H and O–H groups in total. The lowest BCUT2D eigenvalue weighted by Crippen LogP contribution is -2.37. The van der Waals surface area contributed by atoms with E-state index in [1.807, 2.05) is 49.4 Å². The fourth-order valence-corrected chi connectivity index (χ4v) is 2.73. The monoisotopic (exact) mass is 434 g/mol. The molecule has 0 spiro atoms. The Kier molecular flexibility index (Phi) is 7.37. The van der Waals surface area contributed by atoms with Crippen molar-refractivity contribution < 1.29 is 23.5 Å². The van der Waals surface area contributed by atoms with Crippen molar-refractivity contribution in [2.75, 3.05) is 0 Å². The van der Waals surface area contributed by atoms with Crippen LogP contribution in [0.25, 0.3) is 0 Å². The van der Waals surface area contributed by atoms with Crippen LogP contribution in [0.2, 0.25) is 0 Å². The van der Waals surface area contributed by atoms with Gasteiger partial charge in [-0.05, 0) is 30.2 Å². The number of guanidine groups is 1. The molecule has 3 aromatic rings. The minimum atomic E-state index is -0.956. The third kappa shape index (κ3) is 6.56. The molecule has 0 fully saturated rings. The normalized spacial score (nSPS) is 11.0. The third-order valence-electron chi connectivity index (χ3n) is 4.25. The number of ether oxygens (including phenoxy) is 1. The van der Waals surface area contributed by atoms with Gasteiger partial charge in [0.15, 0.2) is 11.5 Å². The Morgan fingerprint density at radius 1 is 0.938 bits per heavy atom. The highest BCUT2D eigenvalue weighted by Crippen LogP contribution is 2.09. The zero-order valence-electron chi connectivity index (χ0n) is 17.3. The minimum Gasteiger partial charge on any atom is -0.446 e. The van der Waals surface area contributed by atoms with E-state index in [2.05, 4.69) is 15.6 Å². The standard InChI is InChI=1S/C23H22N4O5/c1-15-6-5-9-17(12-15)13-25-20(28)18-10-11-19(32-18)21(29)26-22(24)27-23(30)31-14-16-7-3-2-4-8-16/h2-12H,13-14H2,1H3,(H,25,28)(H3,24,26,27,29,30). The predicted octanol–water partition coefficient (Wildman–Crippen LogP) is 2.90. The fraction of sp³-hybridized carbons (Fsp3) is 0.130. The van der Waals surface area contributed by atoms with Crippen LogP contribution < -0.4 is 16.4 Å². The number of nitrogens with two attached hydrogens (primary N) is 1. The van der Waals surface area contributed by atoms with Gasteiger partial charge in [0.05, 0.1) is 0 Å². The van der Waals surface area contributed by atoms with Gasteiger partial charge in [-0.1, -0.05) is 60.2 Å². The molecule has 0 aliphatic carbocycles. The lowest BCUT2D eigenvalue weighted by Gasteiger charge is -2.05. The smallest absolute Gasteiger partial charge is 0.437 e. The zero-order chi connectivity index (χ0) is 22.9. The first-order valence-electron chi connectivity index (χ1n) is 9.70. The Morgan fingerprint density at radius 3 is 2.34 bits per heavy atom. The molecular formula is C23H22N4O5. The van der Waals surface area contributed by atoms with Crippen molar-refractivity contribution in [3.05, 3.63) is 94.9 Å². The predicted molar refractivity (Wildman–Crippen MR) is 117 cm³/mol. The number of carbonyl (C=O) groups excluding carboxylic acids is 3. The molecule has 0 aliphatic heterocycles. The number of rotatable bonds is 6. The van der Waals surface area contributed by atoms with Gasteiger partial charge in [0.25, 0.3) is 11.8 Å². The summed E-state index contributed by atoms with van der Waals surface area (Å²) in [4.78, 5) is 39.6. The summed E-state index contributed by atoms with van der Waals surface area (Å²) in [5, 5.41) is 4.92. The van der Waals surface area contributed by atoms with Gasteiger partial charge in [0.2, 0.25) is 5.96 Å². The van der Waals surface area contributed by atoms with E-state index in [0.717, 1.165) is 16.7 Å². The van der Waals surface area contributed by atoms with Crippen LogP contribution in [0.5, 0.6) is 0 Å². The second kappa shape index (κ2) is 10.6. The van der Waals surface area contributed by atoms with Gasteiger partial charge in [-0.25, -0.2) is 4.79 Å². The first kappa shape index (κ1) is 22.3. The summed E-state index contributed by atoms with van der Waals surface area (Å²) in [5.74, 6) is -1.91. The van der Waals surface area contributed by atoms with Crippen molar-refractivity contribution in [2.24, 2.45) is 10.7 Å². The van der Waals surface area contributed by atoms with Crippen LogP contribution in [0.4, 0.5) is 4.79 Å². The van der Waals surface area contributed by atoms with Crippen LogP contribution in [0.15, 0.2) is 76.1 Å². The van der Waals surface area contributed by atoms with Crippen molar-refractivity contribution in [2.45, 2.75) is 20.1 Å². The van der Waals surface area contributed by atoms with Crippen LogP contribution in [-0.4, -0.2) is 23.9 Å². The molecule has 0 radical (unpaired) electrons. The van der Waals surface area contributed by atoms with E-state index >= 15 is 0 Å². The highest BCUT2D eigenvalue weighted by atomic mass is 16.5. The Labute approximate surface area is 184 Å². The SMILES string of the molecule is Cc1cccc(CNC(=O)c2ccc(C(=O)NC(N)=NC(=O)OCc3ccccc3)o2)c1. The van der Waals surface area contributed by atoms with Gasteiger partial charge in [0.1, 0.15) is 6.61 Å². The van der Waals surface area contributed by atoms with Crippen molar-refractivity contribution in [1.29, 1.82) is 0 Å². The number of carbonyl (C=O) groups is 3. The second-order valence-electron chi connectivity index (χ2n) is 6.83. The molecule has 0 saturated heterocycles. The maximum Gasteiger partial charge on any atom is 0.437 e. The first-order valence-corrected chi connectivity index (χ1v) is 9.70. The minimum absolute atomic E-state index is 0.0175. The zero-order valence-corrected chi connectivity index (χ0v) is 17.3. The van der Waals surface area contributed by atoms with Gasteiger partial charge in [0, 0.05) is 6.54 Å². The topological polar surface area (TPSA) is 136 Å². The summed E-state index contributed by atoms with van der Waals surface area (Å²) in [5.41, 5.74) is 8.37. The van der Waals surface area contributed by atoms with E-state index in [1.54, 1.807) is 12.1 Å². The molecule has 1 aromatic heterocycles. The van der Waals surface area contributed by atoms with Gasteiger partial charge >= 0.3 is 6.09 Å². The molecule has 0 saturated carbocycles. The molecule has 0 aliphatic rings. The highest BCUT2D eigenvalue weighted by molar-refractivity contribution is 6.06. The first-order chi connectivity index (χ1) is 15.4. The van der Waals surface area contributed by atoms with E-state index in [-0.39, 0.29) is 18.1 Å². The Morgan fingerprint density at radius 2 is 1.62 bits per heavy atom. The van der Waals surface area contributed by atoms with Crippen molar-refractivity contribution in [3.8, 4) is 0 Å². The van der Waals surface area contributed by atoms with Crippen LogP contribution in [0.3, 0.4) is 0 Å². The van der Waals surface area contributed by atoms with Crippen molar-refractivity contribution in [3.63, 3.8) is 0 Å². The van der Waals surface area contributed by atoms with Crippen LogP contribution in [0.1, 0.15) is 37.8 Å². The van der Waals surface area contributed by atoms with E-state index in [9.17, 15) is 14.4 Å². The Hall–Kier alpha value is -4.40. The molecule has 0 atom stereocenters. The Balaban J connectivity index is 1.50. The van der Waals surface area contributed by atoms with Gasteiger partial charge in [-0.15, -0.1) is 4.99 Å². The number of benzene rings is 2. The molecule has 1 heterocycles. The fourth-order valence-electron chi connectivity index (χ4n) is 2.73. The molecular weight excluding hydrogens is 412 g/mol. The summed E-state index contributed by atoms with van der Waals surface area (Å²) in [6.07, 6.45) is -0.956. The van der Waals surface area contributed by atoms with Crippen molar-refractivity contribution in [1.82, 2.24) is 10.6 Å². The number of aryl methyl sites for hydroxylation is 1. The molecule has 164 valence electrons. The maximum absolute atomic E-state index is 12.2. The largest absolute Gasteiger partial charge is 0.446 e. The number of amides is 3. The molecule has 2 aromatic carbocycles. The average molecular weight is 434 g/mol. The number of hydrogen-bond acceptors (Lipinski definition) is 5. The second-order valence-corrected chi connectivity index (χ2v) is 6.83. The molecule has 0 unspecified atom stereocenters. The van der Waals surface area contributed by atoms with Crippen molar-refractivity contribution >= 4 is 23.9 Å².